The number of anilines is 1. The van der Waals surface area contributed by atoms with Gasteiger partial charge in [-0.25, -0.2) is 0 Å². The molecule has 2 aromatic rings. The molecule has 0 heterocycles. The number of carbonyl (C=O) groups excluding carboxylic acids is 1. The molecule has 2 aromatic carbocycles. The molecular formula is C23H27NO5. The fraction of sp³-hybridized carbons (Fsp3) is 0.348. The Labute approximate surface area is 171 Å². The van der Waals surface area contributed by atoms with Crippen molar-refractivity contribution in [1.82, 2.24) is 0 Å². The highest BCUT2D eigenvalue weighted by Gasteiger charge is 2.16. The van der Waals surface area contributed by atoms with Crippen molar-refractivity contribution in [3.05, 3.63) is 48.0 Å². The summed E-state index contributed by atoms with van der Waals surface area (Å²) in [5, 5.41) is 2.84. The Balaban J connectivity index is 1.63. The van der Waals surface area contributed by atoms with Gasteiger partial charge in [0.25, 0.3) is 0 Å². The van der Waals surface area contributed by atoms with Gasteiger partial charge >= 0.3 is 0 Å². The van der Waals surface area contributed by atoms with E-state index in [2.05, 4.69) is 5.32 Å². The molecule has 0 spiro atoms. The van der Waals surface area contributed by atoms with Crippen molar-refractivity contribution in [3.63, 3.8) is 0 Å². The second kappa shape index (κ2) is 9.87. The minimum absolute atomic E-state index is 0.244. The molecule has 1 N–H and O–H groups in total. The molecule has 3 rings (SSSR count). The zero-order chi connectivity index (χ0) is 20.6. The van der Waals surface area contributed by atoms with Crippen LogP contribution in [0.3, 0.4) is 0 Å². The SMILES string of the molecule is COc1cc(OC)c(OC)cc1/C=C/C(=O)Nc1ccc(OC2CCCC2)cc1. The lowest BCUT2D eigenvalue weighted by molar-refractivity contribution is -0.111. The van der Waals surface area contributed by atoms with Crippen LogP contribution in [0.1, 0.15) is 31.2 Å². The molecule has 1 aliphatic rings. The summed E-state index contributed by atoms with van der Waals surface area (Å²) in [4.78, 5) is 12.3. The first-order chi connectivity index (χ1) is 14.1. The van der Waals surface area contributed by atoms with Crippen molar-refractivity contribution < 1.29 is 23.7 Å². The zero-order valence-electron chi connectivity index (χ0n) is 17.1. The van der Waals surface area contributed by atoms with Gasteiger partial charge < -0.3 is 24.3 Å². The van der Waals surface area contributed by atoms with Crippen LogP contribution in [-0.2, 0) is 4.79 Å². The summed E-state index contributed by atoms with van der Waals surface area (Å²) < 4.78 is 21.9. The van der Waals surface area contributed by atoms with Gasteiger partial charge in [0.2, 0.25) is 5.91 Å². The van der Waals surface area contributed by atoms with E-state index < -0.39 is 0 Å². The van der Waals surface area contributed by atoms with Crippen molar-refractivity contribution >= 4 is 17.7 Å². The molecule has 0 bridgehead atoms. The minimum Gasteiger partial charge on any atom is -0.496 e. The van der Waals surface area contributed by atoms with Crippen molar-refractivity contribution in [2.75, 3.05) is 26.6 Å². The molecule has 6 heteroatoms. The van der Waals surface area contributed by atoms with E-state index in [9.17, 15) is 4.79 Å². The fourth-order valence-electron chi connectivity index (χ4n) is 3.35. The van der Waals surface area contributed by atoms with Gasteiger partial charge in [0.1, 0.15) is 11.5 Å². The number of benzene rings is 2. The predicted octanol–water partition coefficient (Wildman–Crippen LogP) is 4.69. The average molecular weight is 397 g/mol. The Hall–Kier alpha value is -3.15. The van der Waals surface area contributed by atoms with E-state index >= 15 is 0 Å². The van der Waals surface area contributed by atoms with Crippen molar-refractivity contribution in [1.29, 1.82) is 0 Å². The van der Waals surface area contributed by atoms with Crippen molar-refractivity contribution in [2.24, 2.45) is 0 Å². The lowest BCUT2D eigenvalue weighted by Gasteiger charge is -2.13. The largest absolute Gasteiger partial charge is 0.496 e. The highest BCUT2D eigenvalue weighted by Crippen LogP contribution is 2.35. The van der Waals surface area contributed by atoms with Gasteiger partial charge in [0.05, 0.1) is 27.4 Å². The number of rotatable bonds is 8. The number of hydrogen-bond acceptors (Lipinski definition) is 5. The van der Waals surface area contributed by atoms with Crippen LogP contribution < -0.4 is 24.3 Å². The quantitative estimate of drug-likeness (QED) is 0.655. The first kappa shape index (κ1) is 20.6. The third-order valence-corrected chi connectivity index (χ3v) is 4.88. The summed E-state index contributed by atoms with van der Waals surface area (Å²) >= 11 is 0. The molecule has 0 radical (unpaired) electrons. The number of methoxy groups -OCH3 is 3. The molecule has 1 aliphatic carbocycles. The molecule has 0 aromatic heterocycles. The molecule has 0 unspecified atom stereocenters. The lowest BCUT2D eigenvalue weighted by atomic mass is 10.1. The molecule has 6 nitrogen and oxygen atoms in total. The Morgan fingerprint density at radius 3 is 2.17 bits per heavy atom. The zero-order valence-corrected chi connectivity index (χ0v) is 17.1. The summed E-state index contributed by atoms with van der Waals surface area (Å²) in [6, 6.07) is 10.9. The molecule has 1 amide bonds. The Kier molecular flexibility index (Phi) is 7.00. The monoisotopic (exact) mass is 397 g/mol. The highest BCUT2D eigenvalue weighted by molar-refractivity contribution is 6.02. The van der Waals surface area contributed by atoms with Gasteiger partial charge in [-0.1, -0.05) is 0 Å². The number of hydrogen-bond donors (Lipinski definition) is 1. The van der Waals surface area contributed by atoms with Crippen LogP contribution in [0.15, 0.2) is 42.5 Å². The van der Waals surface area contributed by atoms with Crippen LogP contribution in [0.2, 0.25) is 0 Å². The Bertz CT molecular complexity index is 854. The molecule has 29 heavy (non-hydrogen) atoms. The van der Waals surface area contributed by atoms with Gasteiger partial charge in [-0.3, -0.25) is 4.79 Å². The molecule has 1 saturated carbocycles. The molecular weight excluding hydrogens is 370 g/mol. The van der Waals surface area contributed by atoms with E-state index in [1.54, 1.807) is 39.5 Å². The smallest absolute Gasteiger partial charge is 0.248 e. The number of amides is 1. The summed E-state index contributed by atoms with van der Waals surface area (Å²) in [7, 11) is 4.68. The standard InChI is InChI=1S/C23H27NO5/c1-26-20-15-22(28-3)21(27-2)14-16(20)8-13-23(25)24-17-9-11-19(12-10-17)29-18-6-4-5-7-18/h8-15,18H,4-7H2,1-3H3,(H,24,25)/b13-8+. The lowest BCUT2D eigenvalue weighted by Crippen LogP contribution is -2.11. The third kappa shape index (κ3) is 5.44. The Morgan fingerprint density at radius 1 is 0.931 bits per heavy atom. The molecule has 0 aliphatic heterocycles. The second-order valence-corrected chi connectivity index (χ2v) is 6.82. The third-order valence-electron chi connectivity index (χ3n) is 4.88. The van der Waals surface area contributed by atoms with Crippen LogP contribution in [0.5, 0.6) is 23.0 Å². The number of nitrogens with one attached hydrogen (secondary N) is 1. The predicted molar refractivity (Wildman–Crippen MR) is 113 cm³/mol. The number of carbonyl (C=O) groups is 1. The maximum atomic E-state index is 12.3. The van der Waals surface area contributed by atoms with E-state index in [-0.39, 0.29) is 5.91 Å². The van der Waals surface area contributed by atoms with Gasteiger partial charge in [0, 0.05) is 23.4 Å². The van der Waals surface area contributed by atoms with E-state index in [0.29, 0.717) is 34.6 Å². The van der Waals surface area contributed by atoms with Gasteiger partial charge in [0.15, 0.2) is 11.5 Å². The van der Waals surface area contributed by atoms with Gasteiger partial charge in [-0.2, -0.15) is 0 Å². The number of ether oxygens (including phenoxy) is 4. The maximum absolute atomic E-state index is 12.3. The van der Waals surface area contributed by atoms with Gasteiger partial charge in [-0.15, -0.1) is 0 Å². The fourth-order valence-corrected chi connectivity index (χ4v) is 3.35. The van der Waals surface area contributed by atoms with E-state index in [1.807, 2.05) is 24.3 Å². The van der Waals surface area contributed by atoms with Gasteiger partial charge in [-0.05, 0) is 62.1 Å². The summed E-state index contributed by atoms with van der Waals surface area (Å²) in [5.41, 5.74) is 1.42. The maximum Gasteiger partial charge on any atom is 0.248 e. The van der Waals surface area contributed by atoms with Crippen LogP contribution in [-0.4, -0.2) is 33.3 Å². The Morgan fingerprint density at radius 2 is 1.55 bits per heavy atom. The topological polar surface area (TPSA) is 66.0 Å². The minimum atomic E-state index is -0.244. The van der Waals surface area contributed by atoms with E-state index in [4.69, 9.17) is 18.9 Å². The molecule has 0 saturated heterocycles. The first-order valence-electron chi connectivity index (χ1n) is 9.68. The van der Waals surface area contributed by atoms with Crippen LogP contribution in [0.4, 0.5) is 5.69 Å². The molecule has 0 atom stereocenters. The summed E-state index contributed by atoms with van der Waals surface area (Å²) in [5.74, 6) is 2.30. The van der Waals surface area contributed by atoms with Crippen LogP contribution in [0, 0.1) is 0 Å². The van der Waals surface area contributed by atoms with Crippen molar-refractivity contribution in [2.45, 2.75) is 31.8 Å². The molecule has 1 fully saturated rings. The van der Waals surface area contributed by atoms with Crippen LogP contribution in [0.25, 0.3) is 6.08 Å². The highest BCUT2D eigenvalue weighted by atomic mass is 16.5. The second-order valence-electron chi connectivity index (χ2n) is 6.82. The van der Waals surface area contributed by atoms with E-state index in [1.165, 1.54) is 18.9 Å². The first-order valence-corrected chi connectivity index (χ1v) is 9.68. The average Bonchev–Trinajstić information content (AvgIpc) is 3.26. The summed E-state index contributed by atoms with van der Waals surface area (Å²) in [6.45, 7) is 0. The normalized spacial score (nSPS) is 14.0. The summed E-state index contributed by atoms with van der Waals surface area (Å²) in [6.07, 6.45) is 8.13. The van der Waals surface area contributed by atoms with E-state index in [0.717, 1.165) is 18.6 Å². The van der Waals surface area contributed by atoms with Crippen molar-refractivity contribution in [3.8, 4) is 23.0 Å². The molecule has 154 valence electrons. The van der Waals surface area contributed by atoms with Crippen LogP contribution >= 0.6 is 0 Å².